The van der Waals surface area contributed by atoms with Crippen LogP contribution >= 0.6 is 0 Å². The van der Waals surface area contributed by atoms with Gasteiger partial charge in [-0.1, -0.05) is 0 Å². The van der Waals surface area contributed by atoms with E-state index in [4.69, 9.17) is 13.6 Å². The van der Waals surface area contributed by atoms with Crippen molar-refractivity contribution in [2.24, 2.45) is 0 Å². The van der Waals surface area contributed by atoms with E-state index in [1.54, 1.807) is 26.0 Å². The van der Waals surface area contributed by atoms with Crippen LogP contribution in [0, 0.1) is 0 Å². The van der Waals surface area contributed by atoms with Crippen molar-refractivity contribution in [1.29, 1.82) is 0 Å². The van der Waals surface area contributed by atoms with E-state index < -0.39 is 11.7 Å². The fraction of sp³-hybridized carbons (Fsp3) is 0.278. The fourth-order valence-corrected chi connectivity index (χ4v) is 2.96. The number of hydrogen-bond donors (Lipinski definition) is 2. The van der Waals surface area contributed by atoms with Gasteiger partial charge in [-0.05, 0) is 26.0 Å². The molecule has 2 aromatic heterocycles. The lowest BCUT2D eigenvalue weighted by atomic mass is 9.89. The molecule has 0 saturated carbocycles. The summed E-state index contributed by atoms with van der Waals surface area (Å²) >= 11 is 0. The SMILES string of the molecule is CC1(C)Oc2c(c(O)cc3occ(-c4ccco4)c(=O)c23)CC1O. The van der Waals surface area contributed by atoms with Crippen LogP contribution in [0.1, 0.15) is 19.4 Å². The molecule has 0 spiro atoms. The number of aliphatic hydroxyl groups is 1. The van der Waals surface area contributed by atoms with Gasteiger partial charge < -0.3 is 23.8 Å². The number of benzene rings is 1. The van der Waals surface area contributed by atoms with E-state index in [0.29, 0.717) is 11.3 Å². The molecule has 1 aliphatic heterocycles. The third kappa shape index (κ3) is 2.03. The largest absolute Gasteiger partial charge is 0.507 e. The second-order valence-electron chi connectivity index (χ2n) is 6.46. The molecule has 24 heavy (non-hydrogen) atoms. The van der Waals surface area contributed by atoms with Gasteiger partial charge in [0.2, 0.25) is 5.43 Å². The number of hydrogen-bond acceptors (Lipinski definition) is 6. The number of furan rings is 1. The zero-order valence-corrected chi connectivity index (χ0v) is 13.2. The van der Waals surface area contributed by atoms with E-state index >= 15 is 0 Å². The third-order valence-electron chi connectivity index (χ3n) is 4.45. The minimum atomic E-state index is -0.888. The van der Waals surface area contributed by atoms with Crippen LogP contribution < -0.4 is 10.2 Å². The maximum atomic E-state index is 13.0. The molecule has 0 amide bonds. The molecule has 1 unspecified atom stereocenters. The fourth-order valence-electron chi connectivity index (χ4n) is 2.96. The molecule has 1 aliphatic rings. The highest BCUT2D eigenvalue weighted by Crippen LogP contribution is 2.42. The van der Waals surface area contributed by atoms with Gasteiger partial charge in [-0.25, -0.2) is 0 Å². The first-order chi connectivity index (χ1) is 11.4. The van der Waals surface area contributed by atoms with Gasteiger partial charge in [-0.15, -0.1) is 0 Å². The van der Waals surface area contributed by atoms with E-state index in [-0.39, 0.29) is 39.9 Å². The summed E-state index contributed by atoms with van der Waals surface area (Å²) in [6, 6.07) is 4.72. The predicted octanol–water partition coefficient (Wildman–Crippen LogP) is 2.83. The number of ether oxygens (including phenoxy) is 1. The Labute approximate surface area is 136 Å². The van der Waals surface area contributed by atoms with Crippen molar-refractivity contribution in [3.63, 3.8) is 0 Å². The van der Waals surface area contributed by atoms with E-state index in [2.05, 4.69) is 0 Å². The summed E-state index contributed by atoms with van der Waals surface area (Å²) in [5.41, 5.74) is -0.305. The highest BCUT2D eigenvalue weighted by atomic mass is 16.5. The standard InChI is InChI=1S/C18H16O6/c1-18(2)14(20)6-9-11(19)7-13-15(17(9)24-18)16(21)10(8-23-13)12-4-3-5-22-12/h3-5,7-8,14,19-20H,6H2,1-2H3. The Morgan fingerprint density at radius 1 is 1.29 bits per heavy atom. The highest BCUT2D eigenvalue weighted by molar-refractivity contribution is 5.90. The van der Waals surface area contributed by atoms with Gasteiger partial charge in [0, 0.05) is 18.1 Å². The van der Waals surface area contributed by atoms with Gasteiger partial charge in [-0.3, -0.25) is 4.79 Å². The Morgan fingerprint density at radius 3 is 2.79 bits per heavy atom. The molecule has 0 aliphatic carbocycles. The lowest BCUT2D eigenvalue weighted by Crippen LogP contribution is -2.46. The van der Waals surface area contributed by atoms with E-state index in [0.717, 1.165) is 0 Å². The van der Waals surface area contributed by atoms with Crippen LogP contribution in [0.4, 0.5) is 0 Å². The molecule has 2 N–H and O–H groups in total. The number of phenols is 1. The molecule has 0 bridgehead atoms. The summed E-state index contributed by atoms with van der Waals surface area (Å²) in [5, 5.41) is 20.6. The van der Waals surface area contributed by atoms with Crippen molar-refractivity contribution in [3.05, 3.63) is 46.5 Å². The number of rotatable bonds is 1. The van der Waals surface area contributed by atoms with E-state index in [1.807, 2.05) is 0 Å². The normalized spacial score (nSPS) is 19.0. The topological polar surface area (TPSA) is 93.0 Å². The second kappa shape index (κ2) is 4.88. The lowest BCUT2D eigenvalue weighted by Gasteiger charge is -2.37. The van der Waals surface area contributed by atoms with Crippen LogP contribution in [0.2, 0.25) is 0 Å². The Kier molecular flexibility index (Phi) is 3.02. The van der Waals surface area contributed by atoms with Crippen molar-refractivity contribution < 1.29 is 23.8 Å². The van der Waals surface area contributed by atoms with Crippen molar-refractivity contribution in [1.82, 2.24) is 0 Å². The minimum absolute atomic E-state index is 0.0686. The van der Waals surface area contributed by atoms with Crippen LogP contribution in [0.5, 0.6) is 11.5 Å². The Bertz CT molecular complexity index is 981. The molecule has 6 nitrogen and oxygen atoms in total. The number of aliphatic hydroxyl groups excluding tert-OH is 1. The third-order valence-corrected chi connectivity index (χ3v) is 4.45. The maximum absolute atomic E-state index is 13.0. The molecular formula is C18H16O6. The summed E-state index contributed by atoms with van der Waals surface area (Å²) in [7, 11) is 0. The molecule has 4 rings (SSSR count). The molecule has 6 heteroatoms. The molecule has 0 fully saturated rings. The molecule has 0 radical (unpaired) electrons. The summed E-state index contributed by atoms with van der Waals surface area (Å²) in [4.78, 5) is 13.0. The predicted molar refractivity (Wildman–Crippen MR) is 86.3 cm³/mol. The molecule has 3 heterocycles. The van der Waals surface area contributed by atoms with Crippen LogP contribution in [0.15, 0.2) is 44.4 Å². The summed E-state index contributed by atoms with van der Waals surface area (Å²) < 4.78 is 16.7. The summed E-state index contributed by atoms with van der Waals surface area (Å²) in [6.07, 6.45) is 2.17. The van der Waals surface area contributed by atoms with Gasteiger partial charge in [0.25, 0.3) is 0 Å². The van der Waals surface area contributed by atoms with Crippen molar-refractivity contribution >= 4 is 11.0 Å². The average molecular weight is 328 g/mol. The van der Waals surface area contributed by atoms with Crippen LogP contribution in [0.25, 0.3) is 22.3 Å². The minimum Gasteiger partial charge on any atom is -0.507 e. The zero-order valence-electron chi connectivity index (χ0n) is 13.2. The zero-order chi connectivity index (χ0) is 17.1. The molecule has 1 aromatic carbocycles. The first kappa shape index (κ1) is 14.8. The molecular weight excluding hydrogens is 312 g/mol. The van der Waals surface area contributed by atoms with Gasteiger partial charge >= 0.3 is 0 Å². The van der Waals surface area contributed by atoms with Gasteiger partial charge in [0.1, 0.15) is 45.7 Å². The average Bonchev–Trinajstić information content (AvgIpc) is 3.03. The monoisotopic (exact) mass is 328 g/mol. The molecule has 3 aromatic rings. The Morgan fingerprint density at radius 2 is 2.08 bits per heavy atom. The second-order valence-corrected chi connectivity index (χ2v) is 6.46. The lowest BCUT2D eigenvalue weighted by molar-refractivity contribution is -0.0406. The van der Waals surface area contributed by atoms with E-state index in [9.17, 15) is 15.0 Å². The summed E-state index contributed by atoms with van der Waals surface area (Å²) in [5.74, 6) is 0.575. The highest BCUT2D eigenvalue weighted by Gasteiger charge is 2.38. The smallest absolute Gasteiger partial charge is 0.207 e. The molecule has 0 saturated heterocycles. The Balaban J connectivity index is 2.06. The van der Waals surface area contributed by atoms with Gasteiger partial charge in [0.05, 0.1) is 12.4 Å². The quantitative estimate of drug-likeness (QED) is 0.713. The summed E-state index contributed by atoms with van der Waals surface area (Å²) in [6.45, 7) is 3.46. The Hall–Kier alpha value is -2.73. The van der Waals surface area contributed by atoms with E-state index in [1.165, 1.54) is 18.6 Å². The van der Waals surface area contributed by atoms with Crippen molar-refractivity contribution in [2.45, 2.75) is 32.0 Å². The number of aromatic hydroxyl groups is 1. The maximum Gasteiger partial charge on any atom is 0.207 e. The van der Waals surface area contributed by atoms with Crippen molar-refractivity contribution in [3.8, 4) is 22.8 Å². The number of phenolic OH excluding ortho intramolecular Hbond substituents is 1. The number of fused-ring (bicyclic) bond motifs is 3. The molecule has 1 atom stereocenters. The van der Waals surface area contributed by atoms with Gasteiger partial charge in [0.15, 0.2) is 0 Å². The van der Waals surface area contributed by atoms with Crippen LogP contribution in [0.3, 0.4) is 0 Å². The molecule has 124 valence electrons. The van der Waals surface area contributed by atoms with Crippen LogP contribution in [-0.2, 0) is 6.42 Å². The van der Waals surface area contributed by atoms with Gasteiger partial charge in [-0.2, -0.15) is 0 Å². The first-order valence-electron chi connectivity index (χ1n) is 7.60. The first-order valence-corrected chi connectivity index (χ1v) is 7.60. The van der Waals surface area contributed by atoms with Crippen LogP contribution in [-0.4, -0.2) is 21.9 Å². The van der Waals surface area contributed by atoms with Crippen molar-refractivity contribution in [2.75, 3.05) is 0 Å².